The largest absolute Gasteiger partial charge is 0.381 e. The number of rotatable bonds is 3. The molecule has 2 heteroatoms. The number of ether oxygens (including phenoxy) is 1. The van der Waals surface area contributed by atoms with Gasteiger partial charge in [0, 0.05) is 13.0 Å². The number of hydrogen-bond donors (Lipinski definition) is 0. The van der Waals surface area contributed by atoms with Crippen molar-refractivity contribution in [2.24, 2.45) is 11.3 Å². The van der Waals surface area contributed by atoms with Crippen molar-refractivity contribution in [3.63, 3.8) is 0 Å². The van der Waals surface area contributed by atoms with Crippen LogP contribution in [0.15, 0.2) is 0 Å². The lowest BCUT2D eigenvalue weighted by Gasteiger charge is -2.04. The third kappa shape index (κ3) is 1.40. The van der Waals surface area contributed by atoms with Gasteiger partial charge in [0.05, 0.1) is 6.61 Å². The second-order valence-electron chi connectivity index (χ2n) is 4.31. The van der Waals surface area contributed by atoms with Crippen molar-refractivity contribution in [1.82, 2.24) is 0 Å². The third-order valence-electron chi connectivity index (χ3n) is 3.34. The standard InChI is InChI=1S/C10H16O2/c1-8(11)2-3-9-6-10(9)4-5-12-7-10/h9H,2-7H2,1H3. The fourth-order valence-corrected chi connectivity index (χ4v) is 2.32. The topological polar surface area (TPSA) is 26.3 Å². The van der Waals surface area contributed by atoms with E-state index in [1.54, 1.807) is 6.92 Å². The van der Waals surface area contributed by atoms with Gasteiger partial charge < -0.3 is 9.53 Å². The molecule has 1 saturated heterocycles. The first kappa shape index (κ1) is 8.24. The summed E-state index contributed by atoms with van der Waals surface area (Å²) >= 11 is 0. The highest BCUT2D eigenvalue weighted by Gasteiger charge is 2.55. The normalized spacial score (nSPS) is 38.9. The Bertz CT molecular complexity index is 192. The first-order valence-corrected chi connectivity index (χ1v) is 4.80. The number of hydrogen-bond acceptors (Lipinski definition) is 2. The van der Waals surface area contributed by atoms with E-state index < -0.39 is 0 Å². The summed E-state index contributed by atoms with van der Waals surface area (Å²) in [6, 6.07) is 0. The van der Waals surface area contributed by atoms with Gasteiger partial charge >= 0.3 is 0 Å². The van der Waals surface area contributed by atoms with Crippen LogP contribution in [0.1, 0.15) is 32.6 Å². The molecular weight excluding hydrogens is 152 g/mol. The summed E-state index contributed by atoms with van der Waals surface area (Å²) in [5.41, 5.74) is 0.523. The molecule has 2 fully saturated rings. The monoisotopic (exact) mass is 168 g/mol. The number of carbonyl (C=O) groups excluding carboxylic acids is 1. The molecule has 0 radical (unpaired) electrons. The van der Waals surface area contributed by atoms with E-state index in [0.29, 0.717) is 11.2 Å². The van der Waals surface area contributed by atoms with Crippen LogP contribution in [0.25, 0.3) is 0 Å². The van der Waals surface area contributed by atoms with Crippen molar-refractivity contribution < 1.29 is 9.53 Å². The average molecular weight is 168 g/mol. The summed E-state index contributed by atoms with van der Waals surface area (Å²) in [6.45, 7) is 3.58. The maximum absolute atomic E-state index is 10.7. The summed E-state index contributed by atoms with van der Waals surface area (Å²) in [6.07, 6.45) is 4.40. The van der Waals surface area contributed by atoms with Crippen molar-refractivity contribution in [2.75, 3.05) is 13.2 Å². The summed E-state index contributed by atoms with van der Waals surface area (Å²) in [5, 5.41) is 0. The highest BCUT2D eigenvalue weighted by Crippen LogP contribution is 2.59. The van der Waals surface area contributed by atoms with E-state index in [0.717, 1.165) is 32.0 Å². The van der Waals surface area contributed by atoms with Gasteiger partial charge in [0.25, 0.3) is 0 Å². The Hall–Kier alpha value is -0.370. The SMILES string of the molecule is CC(=O)CCC1CC12CCOC2. The molecule has 0 amide bonds. The third-order valence-corrected chi connectivity index (χ3v) is 3.34. The molecular formula is C10H16O2. The van der Waals surface area contributed by atoms with Crippen molar-refractivity contribution in [3.05, 3.63) is 0 Å². The van der Waals surface area contributed by atoms with Crippen LogP contribution in [0.5, 0.6) is 0 Å². The van der Waals surface area contributed by atoms with Gasteiger partial charge in [-0.25, -0.2) is 0 Å². The van der Waals surface area contributed by atoms with E-state index in [1.165, 1.54) is 12.8 Å². The lowest BCUT2D eigenvalue weighted by atomic mass is 10.00. The van der Waals surface area contributed by atoms with Crippen molar-refractivity contribution in [2.45, 2.75) is 32.6 Å². The van der Waals surface area contributed by atoms with E-state index in [2.05, 4.69) is 0 Å². The molecule has 68 valence electrons. The van der Waals surface area contributed by atoms with E-state index in [9.17, 15) is 4.79 Å². The smallest absolute Gasteiger partial charge is 0.129 e. The summed E-state index contributed by atoms with van der Waals surface area (Å²) in [7, 11) is 0. The Balaban J connectivity index is 1.76. The van der Waals surface area contributed by atoms with E-state index in [4.69, 9.17) is 4.74 Å². The van der Waals surface area contributed by atoms with Crippen LogP contribution < -0.4 is 0 Å². The van der Waals surface area contributed by atoms with Crippen LogP contribution in [-0.2, 0) is 9.53 Å². The summed E-state index contributed by atoms with van der Waals surface area (Å²) in [5.74, 6) is 1.12. The second-order valence-corrected chi connectivity index (χ2v) is 4.31. The summed E-state index contributed by atoms with van der Waals surface area (Å²) in [4.78, 5) is 10.7. The predicted octanol–water partition coefficient (Wildman–Crippen LogP) is 1.78. The second kappa shape index (κ2) is 2.84. The zero-order valence-electron chi connectivity index (χ0n) is 7.64. The van der Waals surface area contributed by atoms with Gasteiger partial charge in [-0.2, -0.15) is 0 Å². The lowest BCUT2D eigenvalue weighted by molar-refractivity contribution is -0.117. The fraction of sp³-hybridized carbons (Fsp3) is 0.900. The maximum Gasteiger partial charge on any atom is 0.129 e. The van der Waals surface area contributed by atoms with Crippen LogP contribution in [0.4, 0.5) is 0 Å². The zero-order valence-corrected chi connectivity index (χ0v) is 7.64. The predicted molar refractivity (Wildman–Crippen MR) is 45.9 cm³/mol. The molecule has 12 heavy (non-hydrogen) atoms. The van der Waals surface area contributed by atoms with Crippen LogP contribution in [0, 0.1) is 11.3 Å². The Kier molecular flexibility index (Phi) is 1.95. The van der Waals surface area contributed by atoms with Crippen molar-refractivity contribution >= 4 is 5.78 Å². The molecule has 1 aliphatic heterocycles. The molecule has 1 spiro atoms. The molecule has 0 aromatic carbocycles. The molecule has 2 atom stereocenters. The first-order valence-electron chi connectivity index (χ1n) is 4.80. The fourth-order valence-electron chi connectivity index (χ4n) is 2.32. The van der Waals surface area contributed by atoms with Gasteiger partial charge in [-0.15, -0.1) is 0 Å². The maximum atomic E-state index is 10.7. The van der Waals surface area contributed by atoms with Gasteiger partial charge in [-0.1, -0.05) is 0 Å². The van der Waals surface area contributed by atoms with Crippen LogP contribution >= 0.6 is 0 Å². The van der Waals surface area contributed by atoms with E-state index in [1.807, 2.05) is 0 Å². The van der Waals surface area contributed by atoms with Gasteiger partial charge in [-0.05, 0) is 37.5 Å². The number of carbonyl (C=O) groups is 1. The minimum absolute atomic E-state index is 0.330. The van der Waals surface area contributed by atoms with E-state index in [-0.39, 0.29) is 0 Å². The lowest BCUT2D eigenvalue weighted by Crippen LogP contribution is -2.03. The Morgan fingerprint density at radius 2 is 2.50 bits per heavy atom. The molecule has 2 aliphatic rings. The molecule has 1 saturated carbocycles. The quantitative estimate of drug-likeness (QED) is 0.642. The Morgan fingerprint density at radius 1 is 1.67 bits per heavy atom. The molecule has 2 rings (SSSR count). The molecule has 0 aromatic rings. The average Bonchev–Trinajstić information content (AvgIpc) is 2.42. The van der Waals surface area contributed by atoms with Crippen LogP contribution in [0.3, 0.4) is 0 Å². The van der Waals surface area contributed by atoms with Crippen LogP contribution in [-0.4, -0.2) is 19.0 Å². The highest BCUT2D eigenvalue weighted by atomic mass is 16.5. The molecule has 2 nitrogen and oxygen atoms in total. The summed E-state index contributed by atoms with van der Waals surface area (Å²) < 4.78 is 5.37. The zero-order chi connectivity index (χ0) is 8.60. The van der Waals surface area contributed by atoms with Gasteiger partial charge in [-0.3, -0.25) is 0 Å². The molecule has 1 aliphatic carbocycles. The highest BCUT2D eigenvalue weighted by molar-refractivity contribution is 5.75. The minimum Gasteiger partial charge on any atom is -0.381 e. The minimum atomic E-state index is 0.330. The van der Waals surface area contributed by atoms with E-state index >= 15 is 0 Å². The van der Waals surface area contributed by atoms with Gasteiger partial charge in [0.1, 0.15) is 5.78 Å². The number of Topliss-reactive ketones (excluding diaryl/α,β-unsaturated/α-hetero) is 1. The van der Waals surface area contributed by atoms with Gasteiger partial charge in [0.2, 0.25) is 0 Å². The van der Waals surface area contributed by atoms with Crippen molar-refractivity contribution in [1.29, 1.82) is 0 Å². The Labute approximate surface area is 73.3 Å². The Morgan fingerprint density at radius 3 is 3.08 bits per heavy atom. The molecule has 0 N–H and O–H groups in total. The van der Waals surface area contributed by atoms with Crippen molar-refractivity contribution in [3.8, 4) is 0 Å². The molecule has 0 aromatic heterocycles. The molecule has 2 unspecified atom stereocenters. The van der Waals surface area contributed by atoms with Gasteiger partial charge in [0.15, 0.2) is 0 Å². The number of ketones is 1. The first-order chi connectivity index (χ1) is 5.73. The van der Waals surface area contributed by atoms with Crippen LogP contribution in [0.2, 0.25) is 0 Å². The molecule has 1 heterocycles. The molecule has 0 bridgehead atoms.